The number of rotatable bonds is 4. The Morgan fingerprint density at radius 3 is 2.32 bits per heavy atom. The van der Waals surface area contributed by atoms with Gasteiger partial charge in [0.2, 0.25) is 0 Å². The fourth-order valence-electron chi connectivity index (χ4n) is 3.50. The van der Waals surface area contributed by atoms with E-state index in [1.54, 1.807) is 23.1 Å². The van der Waals surface area contributed by atoms with Crippen molar-refractivity contribution in [1.82, 2.24) is 4.90 Å². The summed E-state index contributed by atoms with van der Waals surface area (Å²) in [7, 11) is -3.34. The molecule has 0 aromatic heterocycles. The molecule has 0 spiro atoms. The average Bonchev–Trinajstić information content (AvgIpc) is 3.13. The molecule has 0 bridgehead atoms. The maximum atomic E-state index is 13.8. The van der Waals surface area contributed by atoms with Gasteiger partial charge in [-0.2, -0.15) is 0 Å². The van der Waals surface area contributed by atoms with Crippen LogP contribution in [-0.2, 0) is 14.6 Å². The summed E-state index contributed by atoms with van der Waals surface area (Å²) in [4.78, 5) is 16.3. The van der Waals surface area contributed by atoms with Gasteiger partial charge in [-0.3, -0.25) is 0 Å². The highest BCUT2D eigenvalue weighted by molar-refractivity contribution is 7.90. The van der Waals surface area contributed by atoms with Crippen LogP contribution in [-0.4, -0.2) is 50.4 Å². The number of sulfone groups is 1. The van der Waals surface area contributed by atoms with Crippen LogP contribution >= 0.6 is 11.6 Å². The van der Waals surface area contributed by atoms with Gasteiger partial charge in [0.15, 0.2) is 9.84 Å². The fraction of sp³-hybridized carbons (Fsp3) is 0.409. The Bertz CT molecular complexity index is 1070. The molecule has 0 aliphatic carbocycles. The number of ether oxygens (including phenoxy) is 1. The lowest BCUT2D eigenvalue weighted by atomic mass is 10.1. The number of halogens is 2. The quantitative estimate of drug-likeness (QED) is 0.629. The van der Waals surface area contributed by atoms with Crippen molar-refractivity contribution in [2.24, 2.45) is 0 Å². The number of carbonyl (C=O) groups excluding carboxylic acids is 1. The van der Waals surface area contributed by atoms with E-state index >= 15 is 0 Å². The van der Waals surface area contributed by atoms with Gasteiger partial charge in [0, 0.05) is 30.7 Å². The van der Waals surface area contributed by atoms with Gasteiger partial charge in [-0.05, 0) is 69.7 Å². The van der Waals surface area contributed by atoms with Gasteiger partial charge in [0.1, 0.15) is 11.4 Å². The minimum Gasteiger partial charge on any atom is -0.444 e. The molecular weight excluding hydrogens is 443 g/mol. The van der Waals surface area contributed by atoms with Crippen LogP contribution in [0.4, 0.5) is 20.6 Å². The smallest absolute Gasteiger partial charge is 0.410 e. The van der Waals surface area contributed by atoms with E-state index in [2.05, 4.69) is 0 Å². The molecule has 6 nitrogen and oxygen atoms in total. The summed E-state index contributed by atoms with van der Waals surface area (Å²) < 4.78 is 42.9. The zero-order chi connectivity index (χ0) is 23.0. The van der Waals surface area contributed by atoms with Crippen molar-refractivity contribution in [1.29, 1.82) is 0 Å². The molecule has 2 aromatic carbocycles. The van der Waals surface area contributed by atoms with E-state index in [1.165, 1.54) is 24.3 Å². The normalized spacial score (nSPS) is 17.0. The highest BCUT2D eigenvalue weighted by atomic mass is 35.5. The molecule has 1 fully saturated rings. The molecule has 1 saturated heterocycles. The van der Waals surface area contributed by atoms with Crippen LogP contribution in [0.1, 0.15) is 27.2 Å². The van der Waals surface area contributed by atoms with Gasteiger partial charge < -0.3 is 14.5 Å². The SMILES string of the molecule is CC(C)(C)OC(=O)N1CCC(N(c2ccc(S(C)(=O)=O)cc2)c2ccc(F)c(Cl)c2)C1. The van der Waals surface area contributed by atoms with Crippen LogP contribution in [0.15, 0.2) is 47.4 Å². The Labute approximate surface area is 187 Å². The standard InChI is InChI=1S/C22H26ClFN2O4S/c1-22(2,3)30-21(27)25-12-11-17(14-25)26(16-7-10-20(24)19(23)13-16)15-5-8-18(9-6-15)31(4,28)29/h5-10,13,17H,11-12,14H2,1-4H3. The topological polar surface area (TPSA) is 66.9 Å². The van der Waals surface area contributed by atoms with Crippen LogP contribution in [0.5, 0.6) is 0 Å². The minimum absolute atomic E-state index is 0.0164. The number of nitrogens with zero attached hydrogens (tertiary/aromatic N) is 2. The molecule has 1 heterocycles. The molecule has 1 atom stereocenters. The van der Waals surface area contributed by atoms with Crippen molar-refractivity contribution in [3.63, 3.8) is 0 Å². The molecule has 2 aromatic rings. The molecular formula is C22H26ClFN2O4S. The van der Waals surface area contributed by atoms with Crippen molar-refractivity contribution in [3.8, 4) is 0 Å². The van der Waals surface area contributed by atoms with E-state index < -0.39 is 21.3 Å². The van der Waals surface area contributed by atoms with E-state index in [0.717, 1.165) is 6.26 Å². The van der Waals surface area contributed by atoms with Crippen molar-refractivity contribution in [3.05, 3.63) is 53.3 Å². The van der Waals surface area contributed by atoms with E-state index in [-0.39, 0.29) is 22.1 Å². The monoisotopic (exact) mass is 468 g/mol. The van der Waals surface area contributed by atoms with Gasteiger partial charge >= 0.3 is 6.09 Å². The highest BCUT2D eigenvalue weighted by Crippen LogP contribution is 2.34. The summed E-state index contributed by atoms with van der Waals surface area (Å²) in [5.41, 5.74) is 0.765. The Kier molecular flexibility index (Phi) is 6.53. The summed E-state index contributed by atoms with van der Waals surface area (Å²) >= 11 is 6.02. The number of amides is 1. The van der Waals surface area contributed by atoms with E-state index in [9.17, 15) is 17.6 Å². The first-order chi connectivity index (χ1) is 14.3. The number of benzene rings is 2. The van der Waals surface area contributed by atoms with E-state index in [1.807, 2.05) is 25.7 Å². The molecule has 9 heteroatoms. The number of likely N-dealkylation sites (tertiary alicyclic amines) is 1. The summed E-state index contributed by atoms with van der Waals surface area (Å²) in [5, 5.41) is -0.0164. The van der Waals surface area contributed by atoms with Crippen molar-refractivity contribution >= 4 is 38.9 Å². The third-order valence-electron chi connectivity index (χ3n) is 4.90. The van der Waals surface area contributed by atoms with E-state index in [4.69, 9.17) is 16.3 Å². The summed E-state index contributed by atoms with van der Waals surface area (Å²) in [5.74, 6) is -0.528. The zero-order valence-electron chi connectivity index (χ0n) is 17.9. The van der Waals surface area contributed by atoms with Gasteiger partial charge in [0.05, 0.1) is 16.0 Å². The average molecular weight is 469 g/mol. The maximum absolute atomic E-state index is 13.8. The zero-order valence-corrected chi connectivity index (χ0v) is 19.5. The minimum atomic E-state index is -3.34. The van der Waals surface area contributed by atoms with Crippen LogP contribution in [0.2, 0.25) is 5.02 Å². The second-order valence-corrected chi connectivity index (χ2v) is 11.0. The second-order valence-electron chi connectivity index (χ2n) is 8.60. The first-order valence-corrected chi connectivity index (χ1v) is 12.1. The van der Waals surface area contributed by atoms with Crippen LogP contribution < -0.4 is 4.90 Å². The molecule has 1 amide bonds. The van der Waals surface area contributed by atoms with Crippen LogP contribution in [0, 0.1) is 5.82 Å². The summed E-state index contributed by atoms with van der Waals surface area (Å²) in [6.07, 6.45) is 1.41. The third-order valence-corrected chi connectivity index (χ3v) is 6.32. The molecule has 1 aliphatic heterocycles. The van der Waals surface area contributed by atoms with Gasteiger partial charge in [0.25, 0.3) is 0 Å². The first kappa shape index (κ1) is 23.3. The predicted octanol–water partition coefficient (Wildman–Crippen LogP) is 5.03. The third kappa shape index (κ3) is 5.68. The highest BCUT2D eigenvalue weighted by Gasteiger charge is 2.34. The van der Waals surface area contributed by atoms with Gasteiger partial charge in [-0.15, -0.1) is 0 Å². The Morgan fingerprint density at radius 2 is 1.77 bits per heavy atom. The molecule has 31 heavy (non-hydrogen) atoms. The van der Waals surface area contributed by atoms with Gasteiger partial charge in [-0.1, -0.05) is 11.6 Å². The number of hydrogen-bond donors (Lipinski definition) is 0. The summed E-state index contributed by atoms with van der Waals surface area (Å²) in [6, 6.07) is 10.8. The fourth-order valence-corrected chi connectivity index (χ4v) is 4.31. The lowest BCUT2D eigenvalue weighted by Gasteiger charge is -2.32. The number of anilines is 2. The molecule has 1 aliphatic rings. The van der Waals surface area contributed by atoms with Gasteiger partial charge in [-0.25, -0.2) is 17.6 Å². The largest absolute Gasteiger partial charge is 0.444 e. The lowest BCUT2D eigenvalue weighted by molar-refractivity contribution is 0.0293. The van der Waals surface area contributed by atoms with Crippen LogP contribution in [0.3, 0.4) is 0 Å². The molecule has 168 valence electrons. The Balaban J connectivity index is 1.94. The Morgan fingerprint density at radius 1 is 1.16 bits per heavy atom. The lowest BCUT2D eigenvalue weighted by Crippen LogP contribution is -2.39. The number of hydrogen-bond acceptors (Lipinski definition) is 5. The van der Waals surface area contributed by atoms with Crippen molar-refractivity contribution in [2.45, 2.75) is 43.7 Å². The van der Waals surface area contributed by atoms with E-state index in [0.29, 0.717) is 30.9 Å². The van der Waals surface area contributed by atoms with Crippen LogP contribution in [0.25, 0.3) is 0 Å². The molecule has 3 rings (SSSR count). The second kappa shape index (κ2) is 8.67. The molecule has 1 unspecified atom stereocenters. The Hall–Kier alpha value is -2.32. The van der Waals surface area contributed by atoms with Crippen molar-refractivity contribution < 1.29 is 22.3 Å². The maximum Gasteiger partial charge on any atom is 0.410 e. The summed E-state index contributed by atoms with van der Waals surface area (Å²) in [6.45, 7) is 6.35. The molecule has 0 N–H and O–H groups in total. The molecule has 0 radical (unpaired) electrons. The molecule has 0 saturated carbocycles. The predicted molar refractivity (Wildman–Crippen MR) is 119 cm³/mol. The number of carbonyl (C=O) groups is 1. The first-order valence-electron chi connectivity index (χ1n) is 9.87. The van der Waals surface area contributed by atoms with Crippen molar-refractivity contribution in [2.75, 3.05) is 24.2 Å².